The molecular formula is C10H16ClNO2. The van der Waals surface area contributed by atoms with Crippen LogP contribution in [-0.4, -0.2) is 43.5 Å². The van der Waals surface area contributed by atoms with Crippen LogP contribution in [0.15, 0.2) is 11.6 Å². The molecule has 0 radical (unpaired) electrons. The van der Waals surface area contributed by atoms with E-state index >= 15 is 0 Å². The molecule has 0 bridgehead atoms. The van der Waals surface area contributed by atoms with Crippen molar-refractivity contribution in [2.45, 2.75) is 12.8 Å². The fraction of sp³-hybridized carbons (Fsp3) is 0.700. The van der Waals surface area contributed by atoms with E-state index in [9.17, 15) is 4.79 Å². The van der Waals surface area contributed by atoms with E-state index in [2.05, 4.69) is 4.90 Å². The van der Waals surface area contributed by atoms with Crippen molar-refractivity contribution in [1.82, 2.24) is 4.90 Å². The summed E-state index contributed by atoms with van der Waals surface area (Å²) in [5.74, 6) is 0. The lowest BCUT2D eigenvalue weighted by Crippen LogP contribution is -2.33. The van der Waals surface area contributed by atoms with E-state index < -0.39 is 0 Å². The van der Waals surface area contributed by atoms with Gasteiger partial charge in [0.15, 0.2) is 0 Å². The minimum Gasteiger partial charge on any atom is -0.383 e. The van der Waals surface area contributed by atoms with Crippen LogP contribution >= 0.6 is 11.6 Å². The maximum atomic E-state index is 10.6. The first-order valence-electron chi connectivity index (χ1n) is 4.82. The second-order valence-corrected chi connectivity index (χ2v) is 3.81. The van der Waals surface area contributed by atoms with Gasteiger partial charge in [-0.15, -0.1) is 0 Å². The number of methoxy groups -OCH3 is 1. The van der Waals surface area contributed by atoms with Crippen LogP contribution in [-0.2, 0) is 9.53 Å². The van der Waals surface area contributed by atoms with Crippen LogP contribution in [0.3, 0.4) is 0 Å². The summed E-state index contributed by atoms with van der Waals surface area (Å²) in [7, 11) is 1.71. The Morgan fingerprint density at radius 1 is 1.57 bits per heavy atom. The summed E-state index contributed by atoms with van der Waals surface area (Å²) in [4.78, 5) is 13.0. The van der Waals surface area contributed by atoms with Gasteiger partial charge in [0.2, 0.25) is 5.24 Å². The molecule has 0 aliphatic carbocycles. The molecule has 4 heteroatoms. The molecule has 1 rings (SSSR count). The lowest BCUT2D eigenvalue weighted by molar-refractivity contribution is -0.107. The maximum absolute atomic E-state index is 10.6. The van der Waals surface area contributed by atoms with Crippen LogP contribution in [0, 0.1) is 0 Å². The van der Waals surface area contributed by atoms with Crippen LogP contribution in [0.2, 0.25) is 0 Å². The summed E-state index contributed by atoms with van der Waals surface area (Å²) in [5, 5.41) is -0.356. The number of allylic oxidation sites excluding steroid dienone is 1. The molecule has 0 aromatic rings. The molecule has 1 heterocycles. The van der Waals surface area contributed by atoms with Crippen molar-refractivity contribution in [1.29, 1.82) is 0 Å². The number of rotatable bonds is 4. The number of hydrogen-bond donors (Lipinski definition) is 0. The largest absolute Gasteiger partial charge is 0.383 e. The molecule has 1 aliphatic heterocycles. The summed E-state index contributed by atoms with van der Waals surface area (Å²) in [6.07, 6.45) is 3.44. The monoisotopic (exact) mass is 217 g/mol. The predicted octanol–water partition coefficient (Wildman–Crippen LogP) is 1.42. The molecule has 0 atom stereocenters. The third-order valence-corrected chi connectivity index (χ3v) is 2.54. The number of likely N-dealkylation sites (tertiary alicyclic amines) is 1. The molecule has 0 saturated carbocycles. The van der Waals surface area contributed by atoms with Gasteiger partial charge in [0, 0.05) is 26.7 Å². The third-order valence-electron chi connectivity index (χ3n) is 2.43. The highest BCUT2D eigenvalue weighted by molar-refractivity contribution is 6.66. The molecule has 0 amide bonds. The van der Waals surface area contributed by atoms with Gasteiger partial charge in [-0.25, -0.2) is 0 Å². The molecule has 0 aromatic heterocycles. The zero-order chi connectivity index (χ0) is 10.4. The maximum Gasteiger partial charge on any atom is 0.245 e. The molecular weight excluding hydrogens is 202 g/mol. The van der Waals surface area contributed by atoms with E-state index in [4.69, 9.17) is 16.3 Å². The van der Waals surface area contributed by atoms with Crippen molar-refractivity contribution in [3.63, 3.8) is 0 Å². The Hall–Kier alpha value is -0.380. The van der Waals surface area contributed by atoms with Crippen LogP contribution in [0.1, 0.15) is 12.8 Å². The van der Waals surface area contributed by atoms with Gasteiger partial charge in [-0.05, 0) is 30.5 Å². The van der Waals surface area contributed by atoms with E-state index in [1.807, 2.05) is 0 Å². The van der Waals surface area contributed by atoms with Gasteiger partial charge in [0.25, 0.3) is 0 Å². The van der Waals surface area contributed by atoms with Crippen molar-refractivity contribution in [2.75, 3.05) is 33.4 Å². The standard InChI is InChI=1S/C10H16ClNO2/c1-14-7-6-12-4-2-9(3-5-12)8-10(11)13/h8H,2-7H2,1H3. The van der Waals surface area contributed by atoms with E-state index in [0.717, 1.165) is 39.1 Å². The smallest absolute Gasteiger partial charge is 0.245 e. The number of hydrogen-bond acceptors (Lipinski definition) is 3. The van der Waals surface area contributed by atoms with Crippen molar-refractivity contribution < 1.29 is 9.53 Å². The van der Waals surface area contributed by atoms with Gasteiger partial charge in [-0.1, -0.05) is 5.57 Å². The molecule has 1 saturated heterocycles. The first-order chi connectivity index (χ1) is 6.72. The van der Waals surface area contributed by atoms with Crippen molar-refractivity contribution in [3.8, 4) is 0 Å². The third kappa shape index (κ3) is 4.22. The zero-order valence-corrected chi connectivity index (χ0v) is 9.22. The summed E-state index contributed by atoms with van der Waals surface area (Å²) in [6.45, 7) is 3.74. The summed E-state index contributed by atoms with van der Waals surface area (Å²) in [5.41, 5.74) is 1.17. The Bertz CT molecular complexity index is 218. The first-order valence-corrected chi connectivity index (χ1v) is 5.20. The van der Waals surface area contributed by atoms with Gasteiger partial charge in [-0.3, -0.25) is 4.79 Å². The normalized spacial score (nSPS) is 18.3. The first kappa shape index (κ1) is 11.7. The molecule has 14 heavy (non-hydrogen) atoms. The minimum atomic E-state index is -0.356. The van der Waals surface area contributed by atoms with E-state index in [1.54, 1.807) is 13.2 Å². The summed E-state index contributed by atoms with van der Waals surface area (Å²) in [6, 6.07) is 0. The van der Waals surface area contributed by atoms with Crippen LogP contribution in [0.4, 0.5) is 0 Å². The Kier molecular flexibility index (Phi) is 5.15. The minimum absolute atomic E-state index is 0.356. The molecule has 3 nitrogen and oxygen atoms in total. The highest BCUT2D eigenvalue weighted by atomic mass is 35.5. The van der Waals surface area contributed by atoms with Crippen LogP contribution in [0.5, 0.6) is 0 Å². The molecule has 0 unspecified atom stereocenters. The lowest BCUT2D eigenvalue weighted by Gasteiger charge is -2.27. The fourth-order valence-corrected chi connectivity index (χ4v) is 1.74. The Morgan fingerprint density at radius 2 is 2.21 bits per heavy atom. The van der Waals surface area contributed by atoms with E-state index in [1.165, 1.54) is 5.57 Å². The highest BCUT2D eigenvalue weighted by Crippen LogP contribution is 2.15. The molecule has 1 fully saturated rings. The van der Waals surface area contributed by atoms with E-state index in [0.29, 0.717) is 0 Å². The Balaban J connectivity index is 2.27. The van der Waals surface area contributed by atoms with Crippen LogP contribution in [0.25, 0.3) is 0 Å². The van der Waals surface area contributed by atoms with Crippen molar-refractivity contribution in [3.05, 3.63) is 11.6 Å². The second-order valence-electron chi connectivity index (χ2n) is 3.44. The average molecular weight is 218 g/mol. The summed E-state index contributed by atoms with van der Waals surface area (Å²) >= 11 is 5.28. The molecule has 80 valence electrons. The SMILES string of the molecule is COCCN1CCC(=CC(=O)Cl)CC1. The number of carbonyl (C=O) groups excluding carboxylic acids is 1. The lowest BCUT2D eigenvalue weighted by atomic mass is 10.0. The van der Waals surface area contributed by atoms with Gasteiger partial charge < -0.3 is 9.64 Å². The van der Waals surface area contributed by atoms with Gasteiger partial charge in [-0.2, -0.15) is 0 Å². The highest BCUT2D eigenvalue weighted by Gasteiger charge is 2.13. The topological polar surface area (TPSA) is 29.5 Å². The van der Waals surface area contributed by atoms with Crippen molar-refractivity contribution >= 4 is 16.8 Å². The Labute approximate surface area is 89.7 Å². The fourth-order valence-electron chi connectivity index (χ4n) is 1.59. The number of halogens is 1. The molecule has 0 aromatic carbocycles. The number of ether oxygens (including phenoxy) is 1. The quantitative estimate of drug-likeness (QED) is 0.527. The van der Waals surface area contributed by atoms with Crippen molar-refractivity contribution in [2.24, 2.45) is 0 Å². The number of nitrogens with zero attached hydrogens (tertiary/aromatic N) is 1. The number of piperidine rings is 1. The molecule has 1 aliphatic rings. The Morgan fingerprint density at radius 3 is 2.71 bits per heavy atom. The van der Waals surface area contributed by atoms with Gasteiger partial charge in [0.1, 0.15) is 0 Å². The molecule has 0 spiro atoms. The zero-order valence-electron chi connectivity index (χ0n) is 8.46. The molecule has 0 N–H and O–H groups in total. The van der Waals surface area contributed by atoms with Crippen LogP contribution < -0.4 is 0 Å². The average Bonchev–Trinajstić information content (AvgIpc) is 2.16. The second kappa shape index (κ2) is 6.17. The van der Waals surface area contributed by atoms with E-state index in [-0.39, 0.29) is 5.24 Å². The number of carbonyl (C=O) groups is 1. The summed E-state index contributed by atoms with van der Waals surface area (Å²) < 4.78 is 5.00. The van der Waals surface area contributed by atoms with Gasteiger partial charge >= 0.3 is 0 Å². The van der Waals surface area contributed by atoms with Gasteiger partial charge in [0.05, 0.1) is 6.61 Å². The predicted molar refractivity (Wildman–Crippen MR) is 56.5 cm³/mol.